The minimum Gasteiger partial charge on any atom is -0.323 e. The van der Waals surface area contributed by atoms with E-state index >= 15 is 0 Å². The minimum absolute atomic E-state index is 0.198. The first kappa shape index (κ1) is 7.73. The summed E-state index contributed by atoms with van der Waals surface area (Å²) < 4.78 is 0. The molecular formula is C8H16N2. The van der Waals surface area contributed by atoms with Gasteiger partial charge in [0.05, 0.1) is 6.04 Å². The second-order valence-electron chi connectivity index (χ2n) is 4.08. The molecule has 2 atom stereocenters. The van der Waals surface area contributed by atoms with E-state index in [1.54, 1.807) is 0 Å². The van der Waals surface area contributed by atoms with Crippen LogP contribution in [0.3, 0.4) is 0 Å². The van der Waals surface area contributed by atoms with Crippen LogP contribution in [-0.4, -0.2) is 18.3 Å². The highest BCUT2D eigenvalue weighted by molar-refractivity contribution is 5.66. The molecule has 10 heavy (non-hydrogen) atoms. The second kappa shape index (κ2) is 2.35. The van der Waals surface area contributed by atoms with Crippen LogP contribution in [0, 0.1) is 5.41 Å². The monoisotopic (exact) mass is 140 g/mol. The van der Waals surface area contributed by atoms with Crippen molar-refractivity contribution in [3.8, 4) is 0 Å². The Bertz CT molecular complexity index is 144. The second-order valence-corrected chi connectivity index (χ2v) is 4.08. The number of hydrogen-bond acceptors (Lipinski definition) is 2. The summed E-state index contributed by atoms with van der Waals surface area (Å²) in [5, 5.41) is 0. The molecule has 0 saturated heterocycles. The molecule has 2 unspecified atom stereocenters. The summed E-state index contributed by atoms with van der Waals surface area (Å²) in [6, 6.07) is 0.631. The molecule has 1 heterocycles. The van der Waals surface area contributed by atoms with Gasteiger partial charge in [0.15, 0.2) is 0 Å². The summed E-state index contributed by atoms with van der Waals surface area (Å²) in [6.07, 6.45) is 2.89. The van der Waals surface area contributed by atoms with Crippen molar-refractivity contribution in [2.24, 2.45) is 16.1 Å². The molecule has 0 saturated carbocycles. The quantitative estimate of drug-likeness (QED) is 0.539. The van der Waals surface area contributed by atoms with Gasteiger partial charge in [-0.2, -0.15) is 0 Å². The highest BCUT2D eigenvalue weighted by Gasteiger charge is 2.28. The van der Waals surface area contributed by atoms with Crippen molar-refractivity contribution >= 4 is 6.21 Å². The largest absolute Gasteiger partial charge is 0.323 e. The molecule has 0 spiro atoms. The molecular weight excluding hydrogens is 124 g/mol. The van der Waals surface area contributed by atoms with Gasteiger partial charge in [-0.05, 0) is 11.8 Å². The number of hydrogen-bond donors (Lipinski definition) is 1. The fourth-order valence-electron chi connectivity index (χ4n) is 1.17. The molecule has 0 fully saturated rings. The van der Waals surface area contributed by atoms with Crippen molar-refractivity contribution in [1.29, 1.82) is 0 Å². The van der Waals surface area contributed by atoms with Gasteiger partial charge in [-0.15, -0.1) is 0 Å². The molecule has 0 amide bonds. The molecule has 2 heteroatoms. The molecule has 0 aromatic carbocycles. The van der Waals surface area contributed by atoms with E-state index in [1.165, 1.54) is 0 Å². The lowest BCUT2D eigenvalue weighted by Crippen LogP contribution is -2.27. The first-order valence-corrected chi connectivity index (χ1v) is 3.79. The van der Waals surface area contributed by atoms with Gasteiger partial charge in [0.2, 0.25) is 0 Å². The van der Waals surface area contributed by atoms with Crippen molar-refractivity contribution in [1.82, 2.24) is 0 Å². The van der Waals surface area contributed by atoms with Crippen LogP contribution in [-0.2, 0) is 0 Å². The topological polar surface area (TPSA) is 38.4 Å². The van der Waals surface area contributed by atoms with E-state index in [1.807, 2.05) is 6.21 Å². The van der Waals surface area contributed by atoms with Crippen LogP contribution in [0.15, 0.2) is 4.99 Å². The lowest BCUT2D eigenvalue weighted by Gasteiger charge is -2.24. The van der Waals surface area contributed by atoms with Gasteiger partial charge in [-0.3, -0.25) is 4.99 Å². The molecule has 0 aliphatic carbocycles. The Balaban J connectivity index is 2.55. The van der Waals surface area contributed by atoms with Crippen molar-refractivity contribution in [2.45, 2.75) is 39.3 Å². The Morgan fingerprint density at radius 1 is 1.50 bits per heavy atom. The number of rotatable bonds is 0. The van der Waals surface area contributed by atoms with Crippen LogP contribution in [0.2, 0.25) is 0 Å². The third-order valence-electron chi connectivity index (χ3n) is 1.95. The van der Waals surface area contributed by atoms with Crippen LogP contribution >= 0.6 is 0 Å². The molecule has 0 aromatic heterocycles. The smallest absolute Gasteiger partial charge is 0.0563 e. The van der Waals surface area contributed by atoms with E-state index in [-0.39, 0.29) is 11.5 Å². The molecule has 1 rings (SSSR count). The molecule has 2 nitrogen and oxygen atoms in total. The Kier molecular flexibility index (Phi) is 1.82. The summed E-state index contributed by atoms with van der Waals surface area (Å²) in [6.45, 7) is 6.60. The van der Waals surface area contributed by atoms with Crippen molar-refractivity contribution in [2.75, 3.05) is 0 Å². The number of aliphatic imine (C=N–C) groups is 1. The van der Waals surface area contributed by atoms with Crippen LogP contribution in [0.5, 0.6) is 0 Å². The summed E-state index contributed by atoms with van der Waals surface area (Å²) in [5.74, 6) is 0. The number of nitrogens with zero attached hydrogens (tertiary/aromatic N) is 1. The van der Waals surface area contributed by atoms with Crippen molar-refractivity contribution in [3.05, 3.63) is 0 Å². The molecule has 0 bridgehead atoms. The fraction of sp³-hybridized carbons (Fsp3) is 0.875. The van der Waals surface area contributed by atoms with E-state index in [9.17, 15) is 0 Å². The van der Waals surface area contributed by atoms with Gasteiger partial charge in [0.25, 0.3) is 0 Å². The summed E-state index contributed by atoms with van der Waals surface area (Å²) in [4.78, 5) is 4.34. The Morgan fingerprint density at radius 3 is 2.30 bits per heavy atom. The van der Waals surface area contributed by atoms with E-state index in [4.69, 9.17) is 5.73 Å². The maximum absolute atomic E-state index is 5.67. The van der Waals surface area contributed by atoms with Crippen molar-refractivity contribution < 1.29 is 0 Å². The highest BCUT2D eigenvalue weighted by Crippen LogP contribution is 2.27. The van der Waals surface area contributed by atoms with Crippen molar-refractivity contribution in [3.63, 3.8) is 0 Å². The van der Waals surface area contributed by atoms with Gasteiger partial charge in [0.1, 0.15) is 0 Å². The molecule has 0 radical (unpaired) electrons. The molecule has 58 valence electrons. The predicted molar refractivity (Wildman–Crippen MR) is 44.3 cm³/mol. The lowest BCUT2D eigenvalue weighted by molar-refractivity contribution is 0.317. The normalized spacial score (nSPS) is 33.2. The average Bonchev–Trinajstić information content (AvgIpc) is 2.11. The minimum atomic E-state index is 0.198. The molecule has 1 aliphatic heterocycles. The SMILES string of the molecule is CC(C)(C)C1CC(N)C=N1. The fourth-order valence-corrected chi connectivity index (χ4v) is 1.17. The van der Waals surface area contributed by atoms with Crippen LogP contribution in [0.1, 0.15) is 27.2 Å². The first-order valence-electron chi connectivity index (χ1n) is 3.79. The summed E-state index contributed by atoms with van der Waals surface area (Å²) in [5.41, 5.74) is 5.95. The zero-order valence-corrected chi connectivity index (χ0v) is 6.96. The average molecular weight is 140 g/mol. The third-order valence-corrected chi connectivity index (χ3v) is 1.95. The predicted octanol–water partition coefficient (Wildman–Crippen LogP) is 1.20. The summed E-state index contributed by atoms with van der Waals surface area (Å²) >= 11 is 0. The zero-order chi connectivity index (χ0) is 7.78. The van der Waals surface area contributed by atoms with Gasteiger partial charge in [-0.25, -0.2) is 0 Å². The van der Waals surface area contributed by atoms with E-state index in [2.05, 4.69) is 25.8 Å². The summed E-state index contributed by atoms with van der Waals surface area (Å²) in [7, 11) is 0. The molecule has 2 N–H and O–H groups in total. The van der Waals surface area contributed by atoms with Gasteiger partial charge in [0, 0.05) is 12.3 Å². The Hall–Kier alpha value is -0.370. The van der Waals surface area contributed by atoms with Crippen LogP contribution < -0.4 is 5.73 Å². The zero-order valence-electron chi connectivity index (χ0n) is 6.96. The molecule has 0 aromatic rings. The lowest BCUT2D eigenvalue weighted by atomic mass is 9.85. The number of nitrogens with two attached hydrogens (primary N) is 1. The first-order chi connectivity index (χ1) is 4.50. The molecule has 1 aliphatic rings. The highest BCUT2D eigenvalue weighted by atomic mass is 14.9. The Labute approximate surface area is 62.5 Å². The van der Waals surface area contributed by atoms with E-state index < -0.39 is 0 Å². The maximum atomic E-state index is 5.67. The van der Waals surface area contributed by atoms with E-state index in [0.29, 0.717) is 6.04 Å². The van der Waals surface area contributed by atoms with Gasteiger partial charge < -0.3 is 5.73 Å². The maximum Gasteiger partial charge on any atom is 0.0563 e. The van der Waals surface area contributed by atoms with E-state index in [0.717, 1.165) is 6.42 Å². The third kappa shape index (κ3) is 1.57. The standard InChI is InChI=1S/C8H16N2/c1-8(2,3)7-4-6(9)5-10-7/h5-7H,4,9H2,1-3H3. The van der Waals surface area contributed by atoms with Crippen LogP contribution in [0.4, 0.5) is 0 Å². The van der Waals surface area contributed by atoms with Gasteiger partial charge in [-0.1, -0.05) is 20.8 Å². The Morgan fingerprint density at radius 2 is 2.10 bits per heavy atom. The van der Waals surface area contributed by atoms with Crippen LogP contribution in [0.25, 0.3) is 0 Å². The van der Waals surface area contributed by atoms with Gasteiger partial charge >= 0.3 is 0 Å².